The van der Waals surface area contributed by atoms with Crippen molar-refractivity contribution in [2.75, 3.05) is 0 Å². The Labute approximate surface area is 237 Å². The number of aromatic nitrogens is 1. The zero-order chi connectivity index (χ0) is 27.4. The smallest absolute Gasteiger partial charge is 0.201 e. The fourth-order valence-electron chi connectivity index (χ4n) is 6.46. The summed E-state index contributed by atoms with van der Waals surface area (Å²) in [6.07, 6.45) is 2.28. The molecular formula is C39H32N+. The molecule has 1 heterocycles. The second kappa shape index (κ2) is 9.47. The Morgan fingerprint density at radius 2 is 0.925 bits per heavy atom. The van der Waals surface area contributed by atoms with Gasteiger partial charge in [-0.1, -0.05) is 115 Å². The number of pyridine rings is 1. The molecule has 0 spiro atoms. The van der Waals surface area contributed by atoms with Crippen LogP contribution in [0.15, 0.2) is 121 Å². The van der Waals surface area contributed by atoms with Gasteiger partial charge in [-0.25, -0.2) is 4.57 Å². The Morgan fingerprint density at radius 3 is 1.50 bits per heavy atom. The first-order valence-electron chi connectivity index (χ1n) is 14.0. The predicted octanol–water partition coefficient (Wildman–Crippen LogP) is 9.75. The Kier molecular flexibility index (Phi) is 5.75. The molecule has 0 fully saturated rings. The van der Waals surface area contributed by atoms with Crippen LogP contribution < -0.4 is 4.57 Å². The van der Waals surface area contributed by atoms with Crippen molar-refractivity contribution in [3.05, 3.63) is 138 Å². The molecule has 0 N–H and O–H groups in total. The highest BCUT2D eigenvalue weighted by molar-refractivity contribution is 6.07. The van der Waals surface area contributed by atoms with Crippen LogP contribution >= 0.6 is 0 Å². The zero-order valence-electron chi connectivity index (χ0n) is 23.5. The number of aryl methyl sites for hydroxylation is 4. The average Bonchev–Trinajstić information content (AvgIpc) is 2.97. The minimum absolute atomic E-state index is 1.22. The zero-order valence-corrected chi connectivity index (χ0v) is 23.5. The number of hydrogen-bond donors (Lipinski definition) is 0. The van der Waals surface area contributed by atoms with Crippen LogP contribution in [0.3, 0.4) is 0 Å². The van der Waals surface area contributed by atoms with Crippen LogP contribution in [0.5, 0.6) is 0 Å². The number of fused-ring (bicyclic) bond motifs is 8. The van der Waals surface area contributed by atoms with E-state index in [1.54, 1.807) is 0 Å². The summed E-state index contributed by atoms with van der Waals surface area (Å²) in [4.78, 5) is 0. The molecule has 0 saturated carbocycles. The average molecular weight is 515 g/mol. The van der Waals surface area contributed by atoms with Crippen LogP contribution in [0.1, 0.15) is 16.7 Å². The highest BCUT2D eigenvalue weighted by Crippen LogP contribution is 2.51. The first-order chi connectivity index (χ1) is 19.5. The van der Waals surface area contributed by atoms with E-state index in [-0.39, 0.29) is 0 Å². The second-order valence-electron chi connectivity index (χ2n) is 11.0. The molecule has 0 amide bonds. The molecule has 40 heavy (non-hydrogen) atoms. The van der Waals surface area contributed by atoms with Crippen LogP contribution in [0.4, 0.5) is 0 Å². The molecular weight excluding hydrogens is 482 g/mol. The van der Waals surface area contributed by atoms with Crippen molar-refractivity contribution in [1.29, 1.82) is 0 Å². The van der Waals surface area contributed by atoms with Gasteiger partial charge in [0.2, 0.25) is 5.69 Å². The van der Waals surface area contributed by atoms with Crippen LogP contribution in [-0.2, 0) is 7.05 Å². The first kappa shape index (κ1) is 24.3. The third kappa shape index (κ3) is 3.81. The highest BCUT2D eigenvalue weighted by Gasteiger charge is 2.28. The van der Waals surface area contributed by atoms with Gasteiger partial charge in [0, 0.05) is 17.2 Å². The molecule has 0 unspecified atom stereocenters. The molecule has 0 saturated heterocycles. The Bertz CT molecular complexity index is 1920. The Morgan fingerprint density at radius 1 is 0.425 bits per heavy atom. The van der Waals surface area contributed by atoms with E-state index in [0.29, 0.717) is 0 Å². The van der Waals surface area contributed by atoms with Crippen molar-refractivity contribution in [1.82, 2.24) is 0 Å². The number of hydrogen-bond acceptors (Lipinski definition) is 0. The molecule has 5 aromatic carbocycles. The third-order valence-electron chi connectivity index (χ3n) is 8.43. The Hall–Kier alpha value is -4.75. The fraction of sp³-hybridized carbons (Fsp3) is 0.103. The van der Waals surface area contributed by atoms with Crippen molar-refractivity contribution in [3.63, 3.8) is 0 Å². The normalized spacial score (nSPS) is 11.5. The lowest BCUT2D eigenvalue weighted by Crippen LogP contribution is -2.31. The van der Waals surface area contributed by atoms with Gasteiger partial charge >= 0.3 is 0 Å². The van der Waals surface area contributed by atoms with Gasteiger partial charge in [0.1, 0.15) is 7.05 Å². The minimum atomic E-state index is 1.22. The molecule has 0 radical (unpaired) electrons. The van der Waals surface area contributed by atoms with Crippen molar-refractivity contribution in [2.45, 2.75) is 20.8 Å². The standard InChI is InChI=1S/C39H32N/c1-25-17-20-28(21-18-25)36-23-37(40(4)24-27(36)3)38-26(2)19-22-35-33-15-8-7-13-31(33)29-11-5-6-12-30(29)32-14-9-10-16-34(32)39(35)38/h5-24H,1-4H3/q+1. The summed E-state index contributed by atoms with van der Waals surface area (Å²) in [5, 5.41) is 0. The van der Waals surface area contributed by atoms with E-state index in [0.717, 1.165) is 0 Å². The maximum absolute atomic E-state index is 2.39. The van der Waals surface area contributed by atoms with Crippen LogP contribution in [0.25, 0.3) is 66.9 Å². The quantitative estimate of drug-likeness (QED) is 0.202. The lowest BCUT2D eigenvalue weighted by Gasteiger charge is -2.25. The van der Waals surface area contributed by atoms with Gasteiger partial charge in [-0.2, -0.15) is 0 Å². The molecule has 1 aromatic heterocycles. The van der Waals surface area contributed by atoms with Crippen LogP contribution in [0, 0.1) is 20.8 Å². The van der Waals surface area contributed by atoms with Crippen molar-refractivity contribution in [3.8, 4) is 66.9 Å². The Balaban J connectivity index is 1.61. The van der Waals surface area contributed by atoms with E-state index in [1.165, 1.54) is 83.6 Å². The molecule has 1 aliphatic carbocycles. The van der Waals surface area contributed by atoms with Crippen LogP contribution in [0.2, 0.25) is 0 Å². The summed E-state index contributed by atoms with van der Waals surface area (Å²) in [7, 11) is 2.18. The van der Waals surface area contributed by atoms with Gasteiger partial charge in [-0.05, 0) is 76.4 Å². The maximum Gasteiger partial charge on any atom is 0.213 e. The predicted molar refractivity (Wildman–Crippen MR) is 168 cm³/mol. The number of nitrogens with zero attached hydrogens (tertiary/aromatic N) is 1. The SMILES string of the molecule is Cc1ccc(-c2cc(-c3c(C)ccc4c3-c3ccccc3-c3ccccc3-c3ccccc3-4)[n+](C)cc2C)cc1. The van der Waals surface area contributed by atoms with Crippen molar-refractivity contribution in [2.24, 2.45) is 7.05 Å². The van der Waals surface area contributed by atoms with E-state index in [4.69, 9.17) is 0 Å². The summed E-state index contributed by atoms with van der Waals surface area (Å²) in [5.74, 6) is 0. The number of rotatable bonds is 2. The minimum Gasteiger partial charge on any atom is -0.201 e. The molecule has 192 valence electrons. The van der Waals surface area contributed by atoms with Gasteiger partial charge in [-0.3, -0.25) is 0 Å². The molecule has 0 atom stereocenters. The lowest BCUT2D eigenvalue weighted by atomic mass is 9.78. The number of benzene rings is 5. The van der Waals surface area contributed by atoms with Gasteiger partial charge in [0.05, 0.1) is 5.56 Å². The molecule has 6 aromatic rings. The van der Waals surface area contributed by atoms with E-state index in [2.05, 4.69) is 154 Å². The molecule has 0 aliphatic heterocycles. The summed E-state index contributed by atoms with van der Waals surface area (Å²) in [6.45, 7) is 6.61. The molecule has 1 nitrogen and oxygen atoms in total. The first-order valence-corrected chi connectivity index (χ1v) is 14.0. The van der Waals surface area contributed by atoms with Gasteiger partial charge in [0.15, 0.2) is 6.20 Å². The topological polar surface area (TPSA) is 3.88 Å². The van der Waals surface area contributed by atoms with Crippen molar-refractivity contribution < 1.29 is 4.57 Å². The van der Waals surface area contributed by atoms with E-state index in [1.807, 2.05) is 0 Å². The maximum atomic E-state index is 2.39. The van der Waals surface area contributed by atoms with Gasteiger partial charge in [0.25, 0.3) is 0 Å². The molecule has 1 aliphatic rings. The summed E-state index contributed by atoms with van der Waals surface area (Å²) in [6, 6.07) is 42.6. The highest BCUT2D eigenvalue weighted by atomic mass is 14.9. The molecule has 7 rings (SSSR count). The van der Waals surface area contributed by atoms with E-state index >= 15 is 0 Å². The summed E-state index contributed by atoms with van der Waals surface area (Å²) >= 11 is 0. The second-order valence-corrected chi connectivity index (χ2v) is 11.0. The third-order valence-corrected chi connectivity index (χ3v) is 8.43. The lowest BCUT2D eigenvalue weighted by molar-refractivity contribution is -0.660. The van der Waals surface area contributed by atoms with E-state index in [9.17, 15) is 0 Å². The largest absolute Gasteiger partial charge is 0.213 e. The fourth-order valence-corrected chi connectivity index (χ4v) is 6.46. The summed E-state index contributed by atoms with van der Waals surface area (Å²) < 4.78 is 2.30. The monoisotopic (exact) mass is 514 g/mol. The summed E-state index contributed by atoms with van der Waals surface area (Å²) in [5.41, 5.74) is 19.1. The van der Waals surface area contributed by atoms with Crippen molar-refractivity contribution >= 4 is 0 Å². The van der Waals surface area contributed by atoms with Gasteiger partial charge in [-0.15, -0.1) is 0 Å². The van der Waals surface area contributed by atoms with E-state index < -0.39 is 0 Å². The van der Waals surface area contributed by atoms with Gasteiger partial charge < -0.3 is 0 Å². The molecule has 0 bridgehead atoms. The molecule has 1 heteroatoms. The van der Waals surface area contributed by atoms with Crippen LogP contribution in [-0.4, -0.2) is 0 Å².